The van der Waals surface area contributed by atoms with Gasteiger partial charge in [0, 0.05) is 5.33 Å². The maximum atomic E-state index is 3.39. The van der Waals surface area contributed by atoms with Gasteiger partial charge in [-0.1, -0.05) is 48.4 Å². The molecule has 0 bridgehead atoms. The molecule has 0 nitrogen and oxygen atoms in total. The quantitative estimate of drug-likeness (QED) is 0.357. The summed E-state index contributed by atoms with van der Waals surface area (Å²) in [5.41, 5.74) is 0. The van der Waals surface area contributed by atoms with E-state index in [9.17, 15) is 0 Å². The van der Waals surface area contributed by atoms with E-state index in [4.69, 9.17) is 0 Å². The molecule has 0 aromatic carbocycles. The van der Waals surface area contributed by atoms with Crippen LogP contribution in [0, 0.1) is 5.92 Å². The molecule has 0 aromatic rings. The Morgan fingerprint density at radius 2 is 1.82 bits per heavy atom. The lowest BCUT2D eigenvalue weighted by molar-refractivity contribution is 0.559. The highest BCUT2D eigenvalue weighted by Crippen LogP contribution is 2.06. The molecule has 0 unspecified atom stereocenters. The standard InChI is InChI=1S/C10H19Br/c1-10(2)8-6-4-3-5-7-9-11/h3,5,10H,4,6-9H2,1-2H3/b5-3+. The molecular weight excluding hydrogens is 200 g/mol. The van der Waals surface area contributed by atoms with Gasteiger partial charge in [0.1, 0.15) is 0 Å². The van der Waals surface area contributed by atoms with Crippen LogP contribution in [0.25, 0.3) is 0 Å². The molecule has 1 heteroatoms. The molecule has 0 aliphatic rings. The summed E-state index contributed by atoms with van der Waals surface area (Å²) in [6.45, 7) is 4.56. The van der Waals surface area contributed by atoms with Crippen LogP contribution in [0.5, 0.6) is 0 Å². The zero-order chi connectivity index (χ0) is 8.53. The third-order valence-electron chi connectivity index (χ3n) is 1.59. The number of hydrogen-bond donors (Lipinski definition) is 0. The number of rotatable bonds is 6. The van der Waals surface area contributed by atoms with Crippen molar-refractivity contribution in [1.29, 1.82) is 0 Å². The van der Waals surface area contributed by atoms with Crippen LogP contribution < -0.4 is 0 Å². The first-order valence-corrected chi connectivity index (χ1v) is 5.60. The lowest BCUT2D eigenvalue weighted by atomic mass is 10.1. The van der Waals surface area contributed by atoms with Crippen molar-refractivity contribution < 1.29 is 0 Å². The zero-order valence-electron chi connectivity index (χ0n) is 7.65. The second kappa shape index (κ2) is 8.32. The Morgan fingerprint density at radius 1 is 1.18 bits per heavy atom. The number of allylic oxidation sites excluding steroid dienone is 2. The van der Waals surface area contributed by atoms with Crippen molar-refractivity contribution in [1.82, 2.24) is 0 Å². The summed E-state index contributed by atoms with van der Waals surface area (Å²) in [5.74, 6) is 0.861. The van der Waals surface area contributed by atoms with Crippen molar-refractivity contribution in [2.75, 3.05) is 5.33 Å². The van der Waals surface area contributed by atoms with Crippen molar-refractivity contribution in [3.63, 3.8) is 0 Å². The summed E-state index contributed by atoms with van der Waals surface area (Å²) in [6, 6.07) is 0. The van der Waals surface area contributed by atoms with Crippen molar-refractivity contribution in [3.8, 4) is 0 Å². The van der Waals surface area contributed by atoms with Crippen LogP contribution in [0.3, 0.4) is 0 Å². The van der Waals surface area contributed by atoms with Crippen LogP contribution in [-0.4, -0.2) is 5.33 Å². The van der Waals surface area contributed by atoms with Gasteiger partial charge in [0.25, 0.3) is 0 Å². The van der Waals surface area contributed by atoms with Crippen molar-refractivity contribution >= 4 is 15.9 Å². The minimum Gasteiger partial charge on any atom is -0.0925 e. The topological polar surface area (TPSA) is 0 Å². The highest BCUT2D eigenvalue weighted by Gasteiger charge is 1.90. The number of alkyl halides is 1. The molecule has 11 heavy (non-hydrogen) atoms. The third kappa shape index (κ3) is 10.2. The monoisotopic (exact) mass is 218 g/mol. The lowest BCUT2D eigenvalue weighted by Gasteiger charge is -2.00. The molecule has 0 spiro atoms. The Morgan fingerprint density at radius 3 is 2.36 bits per heavy atom. The van der Waals surface area contributed by atoms with Crippen LogP contribution in [0.15, 0.2) is 12.2 Å². The zero-order valence-corrected chi connectivity index (χ0v) is 9.23. The Bertz CT molecular complexity index is 95.0. The molecule has 0 aliphatic heterocycles. The summed E-state index contributed by atoms with van der Waals surface area (Å²) in [4.78, 5) is 0. The molecule has 0 saturated heterocycles. The predicted octanol–water partition coefficient (Wildman–Crippen LogP) is 4.15. The fourth-order valence-electron chi connectivity index (χ4n) is 0.943. The van der Waals surface area contributed by atoms with Crippen LogP contribution in [0.4, 0.5) is 0 Å². The summed E-state index contributed by atoms with van der Waals surface area (Å²) >= 11 is 3.39. The maximum absolute atomic E-state index is 3.39. The largest absolute Gasteiger partial charge is 0.0925 e. The van der Waals surface area contributed by atoms with Gasteiger partial charge in [-0.15, -0.1) is 0 Å². The first-order valence-electron chi connectivity index (χ1n) is 4.48. The van der Waals surface area contributed by atoms with Crippen LogP contribution in [0.1, 0.15) is 39.5 Å². The Hall–Kier alpha value is 0.220. The smallest absolute Gasteiger partial charge is 0.00659 e. The molecule has 66 valence electrons. The van der Waals surface area contributed by atoms with Crippen molar-refractivity contribution in [3.05, 3.63) is 12.2 Å². The van der Waals surface area contributed by atoms with Crippen molar-refractivity contribution in [2.45, 2.75) is 39.5 Å². The first-order chi connectivity index (χ1) is 5.27. The molecule has 0 rings (SSSR count). The number of hydrogen-bond acceptors (Lipinski definition) is 0. The summed E-state index contributed by atoms with van der Waals surface area (Å²) in [6.07, 6.45) is 9.68. The lowest BCUT2D eigenvalue weighted by Crippen LogP contribution is -1.84. The van der Waals surface area contributed by atoms with Gasteiger partial charge in [-0.05, 0) is 25.2 Å². The van der Waals surface area contributed by atoms with Gasteiger partial charge in [0.15, 0.2) is 0 Å². The minimum atomic E-state index is 0.861. The molecule has 0 atom stereocenters. The fraction of sp³-hybridized carbons (Fsp3) is 0.800. The second-order valence-corrected chi connectivity index (χ2v) is 4.07. The van der Waals surface area contributed by atoms with Gasteiger partial charge in [-0.3, -0.25) is 0 Å². The number of unbranched alkanes of at least 4 members (excludes halogenated alkanes) is 1. The van der Waals surface area contributed by atoms with E-state index in [1.165, 1.54) is 25.7 Å². The Labute approximate surface area is 79.2 Å². The van der Waals surface area contributed by atoms with E-state index in [0.717, 1.165) is 11.2 Å². The molecule has 0 saturated carbocycles. The van der Waals surface area contributed by atoms with E-state index in [2.05, 4.69) is 41.9 Å². The predicted molar refractivity (Wildman–Crippen MR) is 56.2 cm³/mol. The van der Waals surface area contributed by atoms with Crippen LogP contribution >= 0.6 is 15.9 Å². The molecule has 0 fully saturated rings. The second-order valence-electron chi connectivity index (χ2n) is 3.27. The Balaban J connectivity index is 3.01. The average molecular weight is 219 g/mol. The SMILES string of the molecule is CC(C)CCC/C=C/CCBr. The fourth-order valence-corrected chi connectivity index (χ4v) is 1.21. The molecule has 0 aromatic heterocycles. The minimum absolute atomic E-state index is 0.861. The van der Waals surface area contributed by atoms with E-state index in [0.29, 0.717) is 0 Å². The third-order valence-corrected chi connectivity index (χ3v) is 2.05. The van der Waals surface area contributed by atoms with E-state index in [1.807, 2.05) is 0 Å². The van der Waals surface area contributed by atoms with E-state index in [-0.39, 0.29) is 0 Å². The van der Waals surface area contributed by atoms with Gasteiger partial charge in [0.05, 0.1) is 0 Å². The van der Waals surface area contributed by atoms with Gasteiger partial charge in [0.2, 0.25) is 0 Å². The van der Waals surface area contributed by atoms with Crippen molar-refractivity contribution in [2.24, 2.45) is 5.92 Å². The van der Waals surface area contributed by atoms with Crippen LogP contribution in [0.2, 0.25) is 0 Å². The normalized spacial score (nSPS) is 11.6. The van der Waals surface area contributed by atoms with Gasteiger partial charge >= 0.3 is 0 Å². The number of halogens is 1. The average Bonchev–Trinajstić information content (AvgIpc) is 1.96. The first kappa shape index (κ1) is 11.2. The summed E-state index contributed by atoms with van der Waals surface area (Å²) in [7, 11) is 0. The highest BCUT2D eigenvalue weighted by molar-refractivity contribution is 9.09. The summed E-state index contributed by atoms with van der Waals surface area (Å²) in [5, 5.41) is 1.09. The van der Waals surface area contributed by atoms with Gasteiger partial charge in [-0.25, -0.2) is 0 Å². The molecule has 0 amide bonds. The van der Waals surface area contributed by atoms with Crippen LogP contribution in [-0.2, 0) is 0 Å². The highest BCUT2D eigenvalue weighted by atomic mass is 79.9. The molecule has 0 N–H and O–H groups in total. The summed E-state index contributed by atoms with van der Waals surface area (Å²) < 4.78 is 0. The van der Waals surface area contributed by atoms with E-state index in [1.54, 1.807) is 0 Å². The van der Waals surface area contributed by atoms with Gasteiger partial charge < -0.3 is 0 Å². The van der Waals surface area contributed by atoms with Gasteiger partial charge in [-0.2, -0.15) is 0 Å². The molecule has 0 aliphatic carbocycles. The molecule has 0 heterocycles. The molecular formula is C10H19Br. The Kier molecular flexibility index (Phi) is 8.48. The maximum Gasteiger partial charge on any atom is 0.00659 e. The van der Waals surface area contributed by atoms with E-state index >= 15 is 0 Å². The van der Waals surface area contributed by atoms with E-state index < -0.39 is 0 Å². The molecule has 0 radical (unpaired) electrons.